The molecule has 0 radical (unpaired) electrons. The van der Waals surface area contributed by atoms with Crippen molar-refractivity contribution in [1.82, 2.24) is 0 Å². The third-order valence-electron chi connectivity index (χ3n) is 6.24. The van der Waals surface area contributed by atoms with Crippen molar-refractivity contribution in [1.29, 1.82) is 0 Å². The minimum atomic E-state index is -0.182. The van der Waals surface area contributed by atoms with Crippen molar-refractivity contribution < 1.29 is 13.9 Å². The Bertz CT molecular complexity index is 587. The Kier molecular flexibility index (Phi) is 2.30. The zero-order valence-corrected chi connectivity index (χ0v) is 12.6. The summed E-state index contributed by atoms with van der Waals surface area (Å²) in [7, 11) is 0. The summed E-state index contributed by atoms with van der Waals surface area (Å²) in [5.41, 5.74) is 2.51. The predicted octanol–water partition coefficient (Wildman–Crippen LogP) is 3.66. The molecule has 2 saturated carbocycles. The van der Waals surface area contributed by atoms with E-state index in [0.717, 1.165) is 35.1 Å². The van der Waals surface area contributed by atoms with E-state index in [4.69, 9.17) is 9.15 Å². The van der Waals surface area contributed by atoms with E-state index in [1.165, 1.54) is 13.3 Å². The fourth-order valence-corrected chi connectivity index (χ4v) is 5.40. The lowest BCUT2D eigenvalue weighted by molar-refractivity contribution is -0.155. The number of hydrogen-bond donors (Lipinski definition) is 0. The normalized spacial score (nSPS) is 44.5. The maximum absolute atomic E-state index is 11.6. The van der Waals surface area contributed by atoms with Crippen molar-refractivity contribution in [2.45, 2.75) is 46.6 Å². The topological polar surface area (TPSA) is 39.4 Å². The van der Waals surface area contributed by atoms with Gasteiger partial charge >= 0.3 is 5.97 Å². The average Bonchev–Trinajstić information content (AvgIpc) is 3.03. The van der Waals surface area contributed by atoms with Gasteiger partial charge in [-0.2, -0.15) is 0 Å². The molecule has 0 saturated heterocycles. The SMILES string of the molecule is CC(=O)O[C@H]1c2c(C)coc2C[C@@]2(C)[C@@H]3C[C@@H]3C(C)[C@H]12. The Morgan fingerprint density at radius 3 is 2.95 bits per heavy atom. The summed E-state index contributed by atoms with van der Waals surface area (Å²) in [6, 6.07) is 0. The van der Waals surface area contributed by atoms with Crippen LogP contribution in [0.2, 0.25) is 0 Å². The van der Waals surface area contributed by atoms with Crippen LogP contribution in [0.25, 0.3) is 0 Å². The van der Waals surface area contributed by atoms with Gasteiger partial charge in [0.2, 0.25) is 0 Å². The van der Waals surface area contributed by atoms with E-state index < -0.39 is 0 Å². The van der Waals surface area contributed by atoms with E-state index in [0.29, 0.717) is 11.8 Å². The Hall–Kier alpha value is -1.25. The van der Waals surface area contributed by atoms with Gasteiger partial charge in [0.1, 0.15) is 11.9 Å². The molecule has 3 nitrogen and oxygen atoms in total. The Balaban J connectivity index is 1.84. The first-order valence-electron chi connectivity index (χ1n) is 7.67. The molecule has 0 spiro atoms. The van der Waals surface area contributed by atoms with Crippen molar-refractivity contribution in [3.8, 4) is 0 Å². The van der Waals surface area contributed by atoms with Crippen molar-refractivity contribution in [3.63, 3.8) is 0 Å². The smallest absolute Gasteiger partial charge is 0.303 e. The molecule has 0 bridgehead atoms. The highest BCUT2D eigenvalue weighted by Crippen LogP contribution is 2.72. The molecule has 1 aromatic rings. The van der Waals surface area contributed by atoms with Gasteiger partial charge < -0.3 is 9.15 Å². The molecule has 1 unspecified atom stereocenters. The third-order valence-corrected chi connectivity index (χ3v) is 6.24. The molecule has 3 aliphatic rings. The van der Waals surface area contributed by atoms with Gasteiger partial charge in [0.15, 0.2) is 0 Å². The first-order valence-corrected chi connectivity index (χ1v) is 7.67. The Labute approximate surface area is 119 Å². The maximum Gasteiger partial charge on any atom is 0.303 e. The highest BCUT2D eigenvalue weighted by atomic mass is 16.5. The highest BCUT2D eigenvalue weighted by Gasteiger charge is 2.68. The van der Waals surface area contributed by atoms with E-state index in [2.05, 4.69) is 20.8 Å². The summed E-state index contributed by atoms with van der Waals surface area (Å²) in [5.74, 6) is 3.56. The maximum atomic E-state index is 11.6. The fraction of sp³-hybridized carbons (Fsp3) is 0.706. The van der Waals surface area contributed by atoms with Crippen LogP contribution in [-0.2, 0) is 16.0 Å². The molecule has 0 amide bonds. The molecule has 1 aromatic heterocycles. The monoisotopic (exact) mass is 274 g/mol. The first-order chi connectivity index (χ1) is 9.43. The Morgan fingerprint density at radius 1 is 1.50 bits per heavy atom. The number of aryl methyl sites for hydroxylation is 1. The molecule has 0 N–H and O–H groups in total. The lowest BCUT2D eigenvalue weighted by atomic mass is 9.62. The van der Waals surface area contributed by atoms with E-state index in [1.807, 2.05) is 6.26 Å². The van der Waals surface area contributed by atoms with E-state index in [9.17, 15) is 4.79 Å². The molecule has 0 aromatic carbocycles. The lowest BCUT2D eigenvalue weighted by Gasteiger charge is -2.44. The minimum Gasteiger partial charge on any atom is -0.469 e. The number of carbonyl (C=O) groups excluding carboxylic acids is 1. The zero-order valence-electron chi connectivity index (χ0n) is 12.6. The zero-order chi connectivity index (χ0) is 14.2. The third kappa shape index (κ3) is 1.39. The van der Waals surface area contributed by atoms with Gasteiger partial charge in [-0.25, -0.2) is 0 Å². The number of hydrogen-bond acceptors (Lipinski definition) is 3. The van der Waals surface area contributed by atoms with Crippen molar-refractivity contribution >= 4 is 5.97 Å². The number of rotatable bonds is 1. The molecule has 3 heteroatoms. The second kappa shape index (κ2) is 3.69. The van der Waals surface area contributed by atoms with Crippen molar-refractivity contribution in [3.05, 3.63) is 23.2 Å². The van der Waals surface area contributed by atoms with E-state index in [1.54, 1.807) is 0 Å². The minimum absolute atomic E-state index is 0.109. The van der Waals surface area contributed by atoms with Crippen LogP contribution in [0.1, 0.15) is 50.2 Å². The average molecular weight is 274 g/mol. The summed E-state index contributed by atoms with van der Waals surface area (Å²) in [4.78, 5) is 11.6. The van der Waals surface area contributed by atoms with E-state index >= 15 is 0 Å². The summed E-state index contributed by atoms with van der Waals surface area (Å²) >= 11 is 0. The van der Waals surface area contributed by atoms with Gasteiger partial charge in [-0.05, 0) is 42.1 Å². The molecular formula is C17H22O3. The fourth-order valence-electron chi connectivity index (χ4n) is 5.40. The molecule has 6 atom stereocenters. The molecule has 0 aliphatic heterocycles. The van der Waals surface area contributed by atoms with E-state index in [-0.39, 0.29) is 17.5 Å². The lowest BCUT2D eigenvalue weighted by Crippen LogP contribution is -2.41. The van der Waals surface area contributed by atoms with Crippen LogP contribution in [0.5, 0.6) is 0 Å². The summed E-state index contributed by atoms with van der Waals surface area (Å²) in [5, 5.41) is 0. The van der Waals surface area contributed by atoms with Crippen LogP contribution in [0.15, 0.2) is 10.7 Å². The van der Waals surface area contributed by atoms with Crippen LogP contribution in [0.4, 0.5) is 0 Å². The molecule has 20 heavy (non-hydrogen) atoms. The van der Waals surface area contributed by atoms with Crippen LogP contribution in [-0.4, -0.2) is 5.97 Å². The first kappa shape index (κ1) is 12.5. The number of furan rings is 1. The molecule has 2 fully saturated rings. The molecule has 1 heterocycles. The predicted molar refractivity (Wildman–Crippen MR) is 74.0 cm³/mol. The molecule has 108 valence electrons. The van der Waals surface area contributed by atoms with Gasteiger partial charge in [0.05, 0.1) is 6.26 Å². The van der Waals surface area contributed by atoms with Gasteiger partial charge in [-0.3, -0.25) is 4.79 Å². The van der Waals surface area contributed by atoms with Crippen LogP contribution < -0.4 is 0 Å². The number of ether oxygens (including phenoxy) is 1. The van der Waals surface area contributed by atoms with Gasteiger partial charge in [0, 0.05) is 24.8 Å². The second-order valence-electron chi connectivity index (χ2n) is 7.36. The number of carbonyl (C=O) groups is 1. The van der Waals surface area contributed by atoms with Crippen LogP contribution >= 0.6 is 0 Å². The largest absolute Gasteiger partial charge is 0.469 e. The number of esters is 1. The molecule has 3 aliphatic carbocycles. The van der Waals surface area contributed by atoms with Gasteiger partial charge in [0.25, 0.3) is 0 Å². The number of fused-ring (bicyclic) bond motifs is 4. The van der Waals surface area contributed by atoms with Gasteiger partial charge in [-0.15, -0.1) is 0 Å². The van der Waals surface area contributed by atoms with Crippen molar-refractivity contribution in [2.24, 2.45) is 29.1 Å². The van der Waals surface area contributed by atoms with Gasteiger partial charge in [-0.1, -0.05) is 13.8 Å². The Morgan fingerprint density at radius 2 is 2.25 bits per heavy atom. The van der Waals surface area contributed by atoms with Crippen LogP contribution in [0.3, 0.4) is 0 Å². The molecular weight excluding hydrogens is 252 g/mol. The van der Waals surface area contributed by atoms with Crippen molar-refractivity contribution in [2.75, 3.05) is 0 Å². The molecule has 4 rings (SSSR count). The second-order valence-corrected chi connectivity index (χ2v) is 7.36. The quantitative estimate of drug-likeness (QED) is 0.734. The summed E-state index contributed by atoms with van der Waals surface area (Å²) < 4.78 is 11.6. The van der Waals surface area contributed by atoms with Crippen LogP contribution in [0, 0.1) is 36.0 Å². The summed E-state index contributed by atoms with van der Waals surface area (Å²) in [6.07, 6.45) is 4.06. The summed E-state index contributed by atoms with van der Waals surface area (Å²) in [6.45, 7) is 8.30. The standard InChI is InChI=1S/C17H22O3/c1-8-7-19-13-6-17(4)12-5-11(12)9(2)15(17)16(14(8)13)20-10(3)18/h7,9,11-12,15-16H,5-6H2,1-4H3/t9?,11-,12-,15-,16+,17+/m1/s1. The highest BCUT2D eigenvalue weighted by molar-refractivity contribution is 5.66.